The number of hydrogen-bond donors (Lipinski definition) is 2. The second kappa shape index (κ2) is 11.6. The molecular weight excluding hydrogens is 548 g/mol. The second-order valence-electron chi connectivity index (χ2n) is 10.3. The van der Waals surface area contributed by atoms with Crippen LogP contribution in [0.3, 0.4) is 0 Å². The van der Waals surface area contributed by atoms with Gasteiger partial charge in [0.1, 0.15) is 12.1 Å². The van der Waals surface area contributed by atoms with E-state index in [4.69, 9.17) is 11.6 Å². The summed E-state index contributed by atoms with van der Waals surface area (Å²) in [6, 6.07) is 15.1. The Morgan fingerprint density at radius 3 is 2.52 bits per heavy atom. The summed E-state index contributed by atoms with van der Waals surface area (Å²) < 4.78 is 27.9. The SMILES string of the molecule is CNS(=O)(=O)CC1CCC(N(C)c2ncnc3c2ccn3C(=O)c2ccccc2Nc2cccc(Cl)c2C)CC1. The van der Waals surface area contributed by atoms with Gasteiger partial charge in [0.2, 0.25) is 10.0 Å². The number of fused-ring (bicyclic) bond motifs is 1. The van der Waals surface area contributed by atoms with Gasteiger partial charge in [-0.3, -0.25) is 9.36 Å². The first-order valence-corrected chi connectivity index (χ1v) is 15.3. The van der Waals surface area contributed by atoms with Crippen LogP contribution >= 0.6 is 11.6 Å². The van der Waals surface area contributed by atoms with E-state index in [1.54, 1.807) is 16.8 Å². The summed E-state index contributed by atoms with van der Waals surface area (Å²) in [5.74, 6) is 0.853. The van der Waals surface area contributed by atoms with Crippen molar-refractivity contribution in [1.29, 1.82) is 0 Å². The molecule has 1 fully saturated rings. The number of para-hydroxylation sites is 1. The molecule has 2 N–H and O–H groups in total. The fourth-order valence-corrected chi connectivity index (χ4v) is 6.74. The van der Waals surface area contributed by atoms with Gasteiger partial charge < -0.3 is 10.2 Å². The predicted molar refractivity (Wildman–Crippen MR) is 160 cm³/mol. The summed E-state index contributed by atoms with van der Waals surface area (Å²) in [6.07, 6.45) is 6.63. The van der Waals surface area contributed by atoms with Crippen LogP contribution in [0.25, 0.3) is 11.0 Å². The Balaban J connectivity index is 1.38. The van der Waals surface area contributed by atoms with E-state index < -0.39 is 10.0 Å². The molecule has 210 valence electrons. The van der Waals surface area contributed by atoms with Gasteiger partial charge in [-0.2, -0.15) is 0 Å². The maximum Gasteiger partial charge on any atom is 0.265 e. The lowest BCUT2D eigenvalue weighted by Crippen LogP contribution is -2.38. The molecule has 2 heterocycles. The molecule has 0 saturated heterocycles. The summed E-state index contributed by atoms with van der Waals surface area (Å²) in [7, 11) is 0.242. The fraction of sp³-hybridized carbons (Fsp3) is 0.345. The van der Waals surface area contributed by atoms with Crippen molar-refractivity contribution in [2.75, 3.05) is 30.1 Å². The number of carbonyl (C=O) groups excluding carboxylic acids is 1. The molecule has 0 atom stereocenters. The lowest BCUT2D eigenvalue weighted by molar-refractivity contribution is 0.0965. The normalized spacial score (nSPS) is 17.6. The van der Waals surface area contributed by atoms with Gasteiger partial charge in [0.05, 0.1) is 22.4 Å². The number of halogens is 1. The topological polar surface area (TPSA) is 109 Å². The van der Waals surface area contributed by atoms with Crippen molar-refractivity contribution in [3.63, 3.8) is 0 Å². The highest BCUT2D eigenvalue weighted by Gasteiger charge is 2.29. The smallest absolute Gasteiger partial charge is 0.265 e. The van der Waals surface area contributed by atoms with E-state index in [0.29, 0.717) is 21.9 Å². The number of benzene rings is 2. The number of aromatic nitrogens is 3. The van der Waals surface area contributed by atoms with Crippen LogP contribution in [0, 0.1) is 12.8 Å². The van der Waals surface area contributed by atoms with E-state index in [-0.39, 0.29) is 23.6 Å². The average Bonchev–Trinajstić information content (AvgIpc) is 3.40. The molecule has 9 nitrogen and oxygen atoms in total. The quantitative estimate of drug-likeness (QED) is 0.288. The zero-order valence-electron chi connectivity index (χ0n) is 22.8. The first-order valence-electron chi connectivity index (χ1n) is 13.3. The first kappa shape index (κ1) is 28.1. The minimum absolute atomic E-state index is 0.149. The number of hydrogen-bond acceptors (Lipinski definition) is 7. The van der Waals surface area contributed by atoms with Crippen molar-refractivity contribution in [1.82, 2.24) is 19.3 Å². The maximum absolute atomic E-state index is 13.8. The van der Waals surface area contributed by atoms with Crippen molar-refractivity contribution in [3.05, 3.63) is 77.2 Å². The van der Waals surface area contributed by atoms with Gasteiger partial charge >= 0.3 is 0 Å². The zero-order chi connectivity index (χ0) is 28.4. The number of sulfonamides is 1. The molecule has 2 aromatic heterocycles. The summed E-state index contributed by atoms with van der Waals surface area (Å²) in [5, 5.41) is 4.80. The average molecular weight is 581 g/mol. The van der Waals surface area contributed by atoms with E-state index in [9.17, 15) is 13.2 Å². The van der Waals surface area contributed by atoms with Crippen molar-refractivity contribution in [2.45, 2.75) is 38.6 Å². The molecule has 1 saturated carbocycles. The van der Waals surface area contributed by atoms with Crippen molar-refractivity contribution in [3.8, 4) is 0 Å². The van der Waals surface area contributed by atoms with Crippen molar-refractivity contribution < 1.29 is 13.2 Å². The molecule has 0 bridgehead atoms. The minimum atomic E-state index is -3.22. The third-order valence-electron chi connectivity index (χ3n) is 7.84. The van der Waals surface area contributed by atoms with Crippen LogP contribution in [-0.4, -0.2) is 54.8 Å². The fourth-order valence-electron chi connectivity index (χ4n) is 5.44. The molecule has 0 spiro atoms. The van der Waals surface area contributed by atoms with Crippen molar-refractivity contribution >= 4 is 55.8 Å². The van der Waals surface area contributed by atoms with Crippen LogP contribution < -0.4 is 14.9 Å². The summed E-state index contributed by atoms with van der Waals surface area (Å²) in [5.41, 5.74) is 3.43. The van der Waals surface area contributed by atoms with Crippen molar-refractivity contribution in [2.24, 2.45) is 5.92 Å². The van der Waals surface area contributed by atoms with E-state index in [1.165, 1.54) is 13.4 Å². The highest BCUT2D eigenvalue weighted by atomic mass is 35.5. The van der Waals surface area contributed by atoms with E-state index in [0.717, 1.165) is 48.1 Å². The van der Waals surface area contributed by atoms with Gasteiger partial charge in [0, 0.05) is 30.0 Å². The summed E-state index contributed by atoms with van der Waals surface area (Å²) in [6.45, 7) is 1.93. The van der Waals surface area contributed by atoms with Crippen LogP contribution in [0.15, 0.2) is 61.1 Å². The molecule has 0 aliphatic heterocycles. The van der Waals surface area contributed by atoms with Gasteiger partial charge in [-0.1, -0.05) is 29.8 Å². The monoisotopic (exact) mass is 580 g/mol. The Morgan fingerprint density at radius 2 is 1.77 bits per heavy atom. The Labute approximate surface area is 239 Å². The van der Waals surface area contributed by atoms with Crippen LogP contribution in [0.5, 0.6) is 0 Å². The second-order valence-corrected chi connectivity index (χ2v) is 12.7. The molecule has 0 radical (unpaired) electrons. The Bertz CT molecular complexity index is 1650. The molecule has 1 aliphatic rings. The Kier molecular flexibility index (Phi) is 8.11. The third-order valence-corrected chi connectivity index (χ3v) is 9.78. The van der Waals surface area contributed by atoms with Gasteiger partial charge in [0.25, 0.3) is 5.91 Å². The zero-order valence-corrected chi connectivity index (χ0v) is 24.3. The van der Waals surface area contributed by atoms with Gasteiger partial charge in [-0.25, -0.2) is 23.1 Å². The maximum atomic E-state index is 13.8. The standard InChI is InChI=1S/C29H33ClN6O3S/c1-19-24(30)8-6-10-25(19)34-26-9-5-4-7-22(26)29(37)36-16-15-23-27(32-18-33-28(23)36)35(3)21-13-11-20(12-14-21)17-40(38,39)31-2/h4-10,15-16,18,20-21,31,34H,11-14,17H2,1-3H3. The van der Waals surface area contributed by atoms with Crippen LogP contribution in [0.4, 0.5) is 17.2 Å². The lowest BCUT2D eigenvalue weighted by atomic mass is 9.86. The molecule has 0 unspecified atom stereocenters. The number of nitrogens with zero attached hydrogens (tertiary/aromatic N) is 4. The molecule has 4 aromatic rings. The van der Waals surface area contributed by atoms with Gasteiger partial charge in [-0.15, -0.1) is 0 Å². The highest BCUT2D eigenvalue weighted by molar-refractivity contribution is 7.89. The Hall–Kier alpha value is -3.47. The minimum Gasteiger partial charge on any atom is -0.356 e. The summed E-state index contributed by atoms with van der Waals surface area (Å²) in [4.78, 5) is 25.0. The lowest BCUT2D eigenvalue weighted by Gasteiger charge is -2.35. The molecule has 40 heavy (non-hydrogen) atoms. The predicted octanol–water partition coefficient (Wildman–Crippen LogP) is 5.37. The van der Waals surface area contributed by atoms with E-state index in [2.05, 4.69) is 24.9 Å². The van der Waals surface area contributed by atoms with E-state index in [1.807, 2.05) is 56.4 Å². The molecule has 11 heteroatoms. The number of rotatable bonds is 8. The third kappa shape index (κ3) is 5.70. The molecule has 1 aliphatic carbocycles. The first-order chi connectivity index (χ1) is 19.2. The van der Waals surface area contributed by atoms with Crippen LogP contribution in [0.2, 0.25) is 5.02 Å². The van der Waals surface area contributed by atoms with Crippen LogP contribution in [0.1, 0.15) is 41.6 Å². The largest absolute Gasteiger partial charge is 0.356 e. The Morgan fingerprint density at radius 1 is 1.05 bits per heavy atom. The van der Waals surface area contributed by atoms with Crippen LogP contribution in [-0.2, 0) is 10.0 Å². The molecule has 2 aromatic carbocycles. The van der Waals surface area contributed by atoms with E-state index >= 15 is 0 Å². The molecule has 5 rings (SSSR count). The number of anilines is 3. The summed E-state index contributed by atoms with van der Waals surface area (Å²) >= 11 is 6.31. The van der Waals surface area contributed by atoms with Gasteiger partial charge in [0.15, 0.2) is 5.65 Å². The molecule has 0 amide bonds. The van der Waals surface area contributed by atoms with Gasteiger partial charge in [-0.05, 0) is 81.5 Å². The highest BCUT2D eigenvalue weighted by Crippen LogP contribution is 2.33. The number of nitrogens with one attached hydrogen (secondary N) is 2. The number of carbonyl (C=O) groups is 1. The molecular formula is C29H33ClN6O3S.